The molecule has 60 valence electrons. The van der Waals surface area contributed by atoms with Crippen molar-refractivity contribution in [1.29, 1.82) is 0 Å². The van der Waals surface area contributed by atoms with Gasteiger partial charge in [-0.3, -0.25) is 0 Å². The molecule has 0 aromatic heterocycles. The van der Waals surface area contributed by atoms with Gasteiger partial charge < -0.3 is 4.74 Å². The molecule has 0 aliphatic carbocycles. The molecule has 0 heterocycles. The summed E-state index contributed by atoms with van der Waals surface area (Å²) >= 11 is 0. The van der Waals surface area contributed by atoms with Crippen molar-refractivity contribution in [3.63, 3.8) is 0 Å². The van der Waals surface area contributed by atoms with E-state index in [4.69, 9.17) is 0 Å². The third kappa shape index (κ3) is 4.44. The van der Waals surface area contributed by atoms with E-state index in [9.17, 15) is 8.78 Å². The van der Waals surface area contributed by atoms with Gasteiger partial charge >= 0.3 is 6.11 Å². The maximum atomic E-state index is 12.3. The highest BCUT2D eigenvalue weighted by molar-refractivity contribution is 4.65. The first-order chi connectivity index (χ1) is 4.62. The van der Waals surface area contributed by atoms with Gasteiger partial charge in [0.05, 0.1) is 6.61 Å². The van der Waals surface area contributed by atoms with E-state index in [1.165, 1.54) is 6.08 Å². The van der Waals surface area contributed by atoms with Crippen LogP contribution in [0.5, 0.6) is 0 Å². The van der Waals surface area contributed by atoms with Crippen LogP contribution in [-0.4, -0.2) is 12.7 Å². The van der Waals surface area contributed by atoms with Crippen LogP contribution in [0.3, 0.4) is 0 Å². The third-order valence-corrected chi connectivity index (χ3v) is 0.953. The lowest BCUT2D eigenvalue weighted by atomic mass is 10.3. The zero-order valence-electron chi connectivity index (χ0n) is 6.07. The smallest absolute Gasteiger partial charge is 0.316 e. The number of ether oxygens (including phenoxy) is 1. The number of alkyl halides is 2. The molecule has 0 amide bonds. The van der Waals surface area contributed by atoms with Gasteiger partial charge in [-0.1, -0.05) is 13.0 Å². The predicted octanol–water partition coefficient (Wildman–Crippen LogP) is 2.58. The van der Waals surface area contributed by atoms with Crippen molar-refractivity contribution in [1.82, 2.24) is 0 Å². The number of hydrogen-bond acceptors (Lipinski definition) is 1. The summed E-state index contributed by atoms with van der Waals surface area (Å²) in [5.41, 5.74) is 0. The lowest BCUT2D eigenvalue weighted by Crippen LogP contribution is -2.20. The molecule has 0 aromatic carbocycles. The molecule has 3 heteroatoms. The average Bonchev–Trinajstić information content (AvgIpc) is 1.84. The van der Waals surface area contributed by atoms with Crippen molar-refractivity contribution in [2.24, 2.45) is 0 Å². The minimum atomic E-state index is -2.97. The molecule has 10 heavy (non-hydrogen) atoms. The van der Waals surface area contributed by atoms with Crippen molar-refractivity contribution < 1.29 is 13.5 Å². The second kappa shape index (κ2) is 4.39. The summed E-state index contributed by atoms with van der Waals surface area (Å²) in [4.78, 5) is 0. The lowest BCUT2D eigenvalue weighted by Gasteiger charge is -2.13. The first-order valence-corrected chi connectivity index (χ1v) is 3.25. The first-order valence-electron chi connectivity index (χ1n) is 3.25. The minimum absolute atomic E-state index is 0.0903. The molecule has 0 radical (unpaired) electrons. The highest BCUT2D eigenvalue weighted by atomic mass is 19.3. The van der Waals surface area contributed by atoms with E-state index in [1.54, 1.807) is 6.92 Å². The van der Waals surface area contributed by atoms with Crippen LogP contribution in [0.2, 0.25) is 0 Å². The van der Waals surface area contributed by atoms with Gasteiger partial charge in [0.2, 0.25) is 0 Å². The Bertz CT molecular complexity index is 102. The largest absolute Gasteiger partial charge is 0.356 e. The fourth-order valence-corrected chi connectivity index (χ4v) is 0.544. The number of halogens is 2. The monoisotopic (exact) mass is 150 g/mol. The summed E-state index contributed by atoms with van der Waals surface area (Å²) in [6.45, 7) is 4.86. The predicted molar refractivity (Wildman–Crippen MR) is 36.0 cm³/mol. The van der Waals surface area contributed by atoms with Crippen molar-refractivity contribution in [2.75, 3.05) is 6.61 Å². The second-order valence-electron chi connectivity index (χ2n) is 1.99. The maximum Gasteiger partial charge on any atom is 0.356 e. The Balaban J connectivity index is 3.51. The Labute approximate surface area is 59.7 Å². The van der Waals surface area contributed by atoms with Crippen molar-refractivity contribution in [3.05, 3.63) is 12.7 Å². The number of rotatable bonds is 5. The normalized spacial score (nSPS) is 11.5. The van der Waals surface area contributed by atoms with Crippen LogP contribution in [0.15, 0.2) is 12.7 Å². The van der Waals surface area contributed by atoms with Gasteiger partial charge in [0.1, 0.15) is 0 Å². The van der Waals surface area contributed by atoms with E-state index in [0.29, 0.717) is 6.42 Å². The van der Waals surface area contributed by atoms with Crippen molar-refractivity contribution in [3.8, 4) is 0 Å². The van der Waals surface area contributed by atoms with E-state index in [-0.39, 0.29) is 13.0 Å². The van der Waals surface area contributed by atoms with Gasteiger partial charge in [-0.05, 0) is 6.42 Å². The van der Waals surface area contributed by atoms with E-state index >= 15 is 0 Å². The minimum Gasteiger partial charge on any atom is -0.316 e. The topological polar surface area (TPSA) is 9.23 Å². The molecule has 0 saturated carbocycles. The molecule has 0 saturated heterocycles. The summed E-state index contributed by atoms with van der Waals surface area (Å²) in [5.74, 6) is 0. The highest BCUT2D eigenvalue weighted by Gasteiger charge is 2.27. The Morgan fingerprint density at radius 1 is 1.60 bits per heavy atom. The Morgan fingerprint density at radius 3 is 2.60 bits per heavy atom. The van der Waals surface area contributed by atoms with Crippen LogP contribution in [0.4, 0.5) is 8.78 Å². The quantitative estimate of drug-likeness (QED) is 0.547. The Kier molecular flexibility index (Phi) is 4.19. The molecule has 0 atom stereocenters. The summed E-state index contributed by atoms with van der Waals surface area (Å²) in [6.07, 6.45) is -1.46. The Hall–Kier alpha value is -0.440. The van der Waals surface area contributed by atoms with Crippen molar-refractivity contribution in [2.45, 2.75) is 25.9 Å². The van der Waals surface area contributed by atoms with Crippen LogP contribution in [0.25, 0.3) is 0 Å². The summed E-state index contributed by atoms with van der Waals surface area (Å²) in [7, 11) is 0. The van der Waals surface area contributed by atoms with Crippen LogP contribution in [-0.2, 0) is 4.74 Å². The molecular formula is C7H12F2O. The molecule has 0 aromatic rings. The summed E-state index contributed by atoms with van der Waals surface area (Å²) in [5, 5.41) is 0. The lowest BCUT2D eigenvalue weighted by molar-refractivity contribution is -0.235. The fourth-order valence-electron chi connectivity index (χ4n) is 0.544. The van der Waals surface area contributed by atoms with Gasteiger partial charge in [0, 0.05) is 6.42 Å². The molecule has 0 spiro atoms. The van der Waals surface area contributed by atoms with Crippen LogP contribution < -0.4 is 0 Å². The van der Waals surface area contributed by atoms with E-state index in [0.717, 1.165) is 0 Å². The van der Waals surface area contributed by atoms with Crippen LogP contribution in [0.1, 0.15) is 19.8 Å². The van der Waals surface area contributed by atoms with Gasteiger partial charge in [0.15, 0.2) is 0 Å². The van der Waals surface area contributed by atoms with Gasteiger partial charge in [-0.25, -0.2) is 0 Å². The molecular weight excluding hydrogens is 138 g/mol. The fraction of sp³-hybridized carbons (Fsp3) is 0.714. The Morgan fingerprint density at radius 2 is 2.20 bits per heavy atom. The third-order valence-electron chi connectivity index (χ3n) is 0.953. The van der Waals surface area contributed by atoms with Gasteiger partial charge in [0.25, 0.3) is 0 Å². The van der Waals surface area contributed by atoms with Crippen molar-refractivity contribution >= 4 is 0 Å². The molecule has 0 aliphatic heterocycles. The molecule has 0 rings (SSSR count). The van der Waals surface area contributed by atoms with Crippen LogP contribution >= 0.6 is 0 Å². The zero-order valence-corrected chi connectivity index (χ0v) is 6.07. The summed E-state index contributed by atoms with van der Waals surface area (Å²) in [6, 6.07) is 0. The summed E-state index contributed by atoms with van der Waals surface area (Å²) < 4.78 is 28.8. The van der Waals surface area contributed by atoms with Gasteiger partial charge in [-0.2, -0.15) is 8.78 Å². The molecule has 0 bridgehead atoms. The standard InChI is InChI=1S/C7H12F2O/c1-3-5-7(8,9)10-6-4-2/h4H,2-3,5-6H2,1H3. The van der Waals surface area contributed by atoms with E-state index in [2.05, 4.69) is 11.3 Å². The average molecular weight is 150 g/mol. The molecule has 0 aliphatic rings. The molecule has 0 unspecified atom stereocenters. The zero-order chi connectivity index (χ0) is 8.04. The van der Waals surface area contributed by atoms with Gasteiger partial charge in [-0.15, -0.1) is 6.58 Å². The first kappa shape index (κ1) is 9.56. The van der Waals surface area contributed by atoms with Crippen LogP contribution in [0, 0.1) is 0 Å². The molecule has 1 nitrogen and oxygen atoms in total. The van der Waals surface area contributed by atoms with E-state index in [1.807, 2.05) is 0 Å². The molecule has 0 N–H and O–H groups in total. The number of hydrogen-bond donors (Lipinski definition) is 0. The molecule has 0 fully saturated rings. The second-order valence-corrected chi connectivity index (χ2v) is 1.99. The maximum absolute atomic E-state index is 12.3. The van der Waals surface area contributed by atoms with E-state index < -0.39 is 6.11 Å². The SMILES string of the molecule is C=CCOC(F)(F)CCC. The highest BCUT2D eigenvalue weighted by Crippen LogP contribution is 2.21.